The Labute approximate surface area is 106 Å². The van der Waals surface area contributed by atoms with E-state index in [0.29, 0.717) is 12.0 Å². The lowest BCUT2D eigenvalue weighted by atomic mass is 10.0. The number of Topliss-reactive ketones (excluding diaryl/α,β-unsaturated/α-hetero) is 1. The van der Waals surface area contributed by atoms with Crippen molar-refractivity contribution in [3.8, 4) is 0 Å². The zero-order valence-electron chi connectivity index (χ0n) is 10.7. The summed E-state index contributed by atoms with van der Waals surface area (Å²) >= 11 is 0. The first kappa shape index (κ1) is 12.7. The maximum Gasteiger partial charge on any atom is 0.191 e. The molecule has 0 fully saturated rings. The molecule has 3 heteroatoms. The standard InChI is InChI=1S/C15H17NO2/c1-3-4-14(17)15(18)12-7-8-13-11(9-12)6-5-10(2)16-13/h5-9,14,17H,3-4H2,1-2H3. The van der Waals surface area contributed by atoms with E-state index < -0.39 is 6.10 Å². The van der Waals surface area contributed by atoms with Crippen molar-refractivity contribution < 1.29 is 9.90 Å². The molecule has 1 atom stereocenters. The predicted octanol–water partition coefficient (Wildman–Crippen LogP) is 2.89. The monoisotopic (exact) mass is 243 g/mol. The van der Waals surface area contributed by atoms with Crippen molar-refractivity contribution in [3.63, 3.8) is 0 Å². The number of ketones is 1. The summed E-state index contributed by atoms with van der Waals surface area (Å²) in [5, 5.41) is 10.6. The molecule has 0 aliphatic carbocycles. The van der Waals surface area contributed by atoms with Crippen LogP contribution in [-0.2, 0) is 0 Å². The summed E-state index contributed by atoms with van der Waals surface area (Å²) in [4.78, 5) is 16.4. The molecule has 3 nitrogen and oxygen atoms in total. The molecular weight excluding hydrogens is 226 g/mol. The lowest BCUT2D eigenvalue weighted by molar-refractivity contribution is 0.0729. The molecule has 0 radical (unpaired) electrons. The second-order valence-corrected chi connectivity index (χ2v) is 4.53. The van der Waals surface area contributed by atoms with Crippen molar-refractivity contribution in [2.24, 2.45) is 0 Å². The number of aromatic nitrogens is 1. The third-order valence-corrected chi connectivity index (χ3v) is 2.98. The summed E-state index contributed by atoms with van der Waals surface area (Å²) in [5.74, 6) is -0.209. The summed E-state index contributed by atoms with van der Waals surface area (Å²) < 4.78 is 0. The number of benzene rings is 1. The van der Waals surface area contributed by atoms with Gasteiger partial charge in [-0.15, -0.1) is 0 Å². The highest BCUT2D eigenvalue weighted by atomic mass is 16.3. The smallest absolute Gasteiger partial charge is 0.191 e. The third-order valence-electron chi connectivity index (χ3n) is 2.98. The number of hydrogen-bond donors (Lipinski definition) is 1. The molecule has 94 valence electrons. The molecule has 1 unspecified atom stereocenters. The van der Waals surface area contributed by atoms with Crippen molar-refractivity contribution in [2.45, 2.75) is 32.8 Å². The Hall–Kier alpha value is -1.74. The van der Waals surface area contributed by atoms with Gasteiger partial charge in [-0.2, -0.15) is 0 Å². The van der Waals surface area contributed by atoms with Crippen LogP contribution in [0, 0.1) is 6.92 Å². The van der Waals surface area contributed by atoms with Crippen LogP contribution in [0.4, 0.5) is 0 Å². The van der Waals surface area contributed by atoms with Gasteiger partial charge in [-0.1, -0.05) is 19.4 Å². The summed E-state index contributed by atoms with van der Waals surface area (Å²) in [6.45, 7) is 3.88. The van der Waals surface area contributed by atoms with Gasteiger partial charge < -0.3 is 5.11 Å². The van der Waals surface area contributed by atoms with E-state index in [2.05, 4.69) is 4.98 Å². The molecule has 2 rings (SSSR count). The molecule has 1 aromatic carbocycles. The van der Waals surface area contributed by atoms with Gasteiger partial charge in [-0.3, -0.25) is 9.78 Å². The van der Waals surface area contributed by atoms with Crippen LogP contribution in [0.1, 0.15) is 35.8 Å². The highest BCUT2D eigenvalue weighted by Gasteiger charge is 2.16. The van der Waals surface area contributed by atoms with Gasteiger partial charge in [0, 0.05) is 16.6 Å². The van der Waals surface area contributed by atoms with E-state index in [9.17, 15) is 9.90 Å². The van der Waals surface area contributed by atoms with Gasteiger partial charge in [0.25, 0.3) is 0 Å². The fraction of sp³-hybridized carbons (Fsp3) is 0.333. The molecule has 2 aromatic rings. The maximum absolute atomic E-state index is 12.0. The number of nitrogens with zero attached hydrogens (tertiary/aromatic N) is 1. The molecule has 0 saturated heterocycles. The van der Waals surface area contributed by atoms with Crippen molar-refractivity contribution in [3.05, 3.63) is 41.6 Å². The van der Waals surface area contributed by atoms with Gasteiger partial charge in [0.15, 0.2) is 5.78 Å². The van der Waals surface area contributed by atoms with E-state index in [1.807, 2.05) is 32.0 Å². The molecule has 0 saturated carbocycles. The van der Waals surface area contributed by atoms with Gasteiger partial charge in [0.1, 0.15) is 6.10 Å². The number of aliphatic hydroxyl groups excluding tert-OH is 1. The van der Waals surface area contributed by atoms with Crippen molar-refractivity contribution in [2.75, 3.05) is 0 Å². The SMILES string of the molecule is CCCC(O)C(=O)c1ccc2nc(C)ccc2c1. The van der Waals surface area contributed by atoms with E-state index in [4.69, 9.17) is 0 Å². The highest BCUT2D eigenvalue weighted by molar-refractivity contribution is 6.02. The minimum Gasteiger partial charge on any atom is -0.385 e. The van der Waals surface area contributed by atoms with Gasteiger partial charge in [-0.05, 0) is 37.6 Å². The number of carbonyl (C=O) groups excluding carboxylic acids is 1. The molecular formula is C15H17NO2. The molecule has 18 heavy (non-hydrogen) atoms. The summed E-state index contributed by atoms with van der Waals surface area (Å²) in [6, 6.07) is 9.22. The van der Waals surface area contributed by atoms with Gasteiger partial charge in [0.05, 0.1) is 5.52 Å². The number of pyridine rings is 1. The van der Waals surface area contributed by atoms with Crippen LogP contribution in [0.5, 0.6) is 0 Å². The van der Waals surface area contributed by atoms with Crippen LogP contribution in [0.15, 0.2) is 30.3 Å². The Morgan fingerprint density at radius 2 is 2.11 bits per heavy atom. The molecule has 0 aliphatic rings. The van der Waals surface area contributed by atoms with Gasteiger partial charge >= 0.3 is 0 Å². The average Bonchev–Trinajstić information content (AvgIpc) is 2.37. The Morgan fingerprint density at radius 1 is 1.33 bits per heavy atom. The average molecular weight is 243 g/mol. The quantitative estimate of drug-likeness (QED) is 0.840. The minimum absolute atomic E-state index is 0.209. The van der Waals surface area contributed by atoms with Crippen molar-refractivity contribution in [1.82, 2.24) is 4.98 Å². The second-order valence-electron chi connectivity index (χ2n) is 4.53. The number of fused-ring (bicyclic) bond motifs is 1. The number of aryl methyl sites for hydroxylation is 1. The molecule has 0 amide bonds. The van der Waals surface area contributed by atoms with E-state index in [1.54, 1.807) is 12.1 Å². The van der Waals surface area contributed by atoms with Crippen LogP contribution < -0.4 is 0 Å². The van der Waals surface area contributed by atoms with Crippen LogP contribution >= 0.6 is 0 Å². The van der Waals surface area contributed by atoms with E-state index >= 15 is 0 Å². The number of carbonyl (C=O) groups is 1. The topological polar surface area (TPSA) is 50.2 Å². The first-order chi connectivity index (χ1) is 8.61. The largest absolute Gasteiger partial charge is 0.385 e. The molecule has 1 heterocycles. The van der Waals surface area contributed by atoms with Crippen molar-refractivity contribution >= 4 is 16.7 Å². The fourth-order valence-electron chi connectivity index (χ4n) is 1.98. The van der Waals surface area contributed by atoms with Crippen LogP contribution in [0.3, 0.4) is 0 Å². The molecule has 1 aromatic heterocycles. The molecule has 0 aliphatic heterocycles. The van der Waals surface area contributed by atoms with E-state index in [-0.39, 0.29) is 5.78 Å². The van der Waals surface area contributed by atoms with E-state index in [0.717, 1.165) is 23.0 Å². The zero-order chi connectivity index (χ0) is 13.1. The highest BCUT2D eigenvalue weighted by Crippen LogP contribution is 2.17. The fourth-order valence-corrected chi connectivity index (χ4v) is 1.98. The number of hydrogen-bond acceptors (Lipinski definition) is 3. The first-order valence-corrected chi connectivity index (χ1v) is 6.21. The Kier molecular flexibility index (Phi) is 3.72. The summed E-state index contributed by atoms with van der Waals surface area (Å²) in [6.07, 6.45) is 0.399. The maximum atomic E-state index is 12.0. The Balaban J connectivity index is 2.35. The first-order valence-electron chi connectivity index (χ1n) is 6.21. The third kappa shape index (κ3) is 2.57. The summed E-state index contributed by atoms with van der Waals surface area (Å²) in [5.41, 5.74) is 2.37. The summed E-state index contributed by atoms with van der Waals surface area (Å²) in [7, 11) is 0. The van der Waals surface area contributed by atoms with Crippen molar-refractivity contribution in [1.29, 1.82) is 0 Å². The lowest BCUT2D eigenvalue weighted by Gasteiger charge is -2.08. The van der Waals surface area contributed by atoms with E-state index in [1.165, 1.54) is 0 Å². The predicted molar refractivity (Wildman–Crippen MR) is 71.7 cm³/mol. The van der Waals surface area contributed by atoms with Gasteiger partial charge in [0.2, 0.25) is 0 Å². The Morgan fingerprint density at radius 3 is 2.83 bits per heavy atom. The molecule has 0 bridgehead atoms. The zero-order valence-corrected chi connectivity index (χ0v) is 10.7. The second kappa shape index (κ2) is 5.27. The van der Waals surface area contributed by atoms with Crippen LogP contribution in [-0.4, -0.2) is 22.0 Å². The normalized spacial score (nSPS) is 12.6. The number of aliphatic hydroxyl groups is 1. The number of rotatable bonds is 4. The Bertz CT molecular complexity index is 578. The minimum atomic E-state index is -0.897. The van der Waals surface area contributed by atoms with Gasteiger partial charge in [-0.25, -0.2) is 0 Å². The molecule has 0 spiro atoms. The van der Waals surface area contributed by atoms with Crippen LogP contribution in [0.25, 0.3) is 10.9 Å². The van der Waals surface area contributed by atoms with Crippen LogP contribution in [0.2, 0.25) is 0 Å². The molecule has 1 N–H and O–H groups in total. The lowest BCUT2D eigenvalue weighted by Crippen LogP contribution is -2.19.